The fourth-order valence-corrected chi connectivity index (χ4v) is 1.81. The molecule has 1 heterocycles. The molecule has 19 heavy (non-hydrogen) atoms. The van der Waals surface area contributed by atoms with Crippen molar-refractivity contribution in [3.05, 3.63) is 53.4 Å². The molecule has 1 aromatic heterocycles. The second-order valence-electron chi connectivity index (χ2n) is 3.86. The van der Waals surface area contributed by atoms with E-state index in [-0.39, 0.29) is 6.61 Å². The third kappa shape index (κ3) is 3.51. The molecule has 0 radical (unpaired) electrons. The predicted octanol–water partition coefficient (Wildman–Crippen LogP) is 3.27. The molecule has 1 aromatic carbocycles. The lowest BCUT2D eigenvalue weighted by molar-refractivity contribution is -0.143. The maximum atomic E-state index is 11.7. The van der Waals surface area contributed by atoms with Crippen molar-refractivity contribution in [2.45, 2.75) is 5.92 Å². The summed E-state index contributed by atoms with van der Waals surface area (Å²) >= 11 is 5.86. The fraction of sp³-hybridized carbons (Fsp3) is 0.214. The molecule has 0 aliphatic heterocycles. The van der Waals surface area contributed by atoms with Crippen LogP contribution in [0.1, 0.15) is 11.7 Å². The van der Waals surface area contributed by atoms with Crippen molar-refractivity contribution in [2.24, 2.45) is 0 Å². The zero-order chi connectivity index (χ0) is 13.7. The Hall–Kier alpha value is -1.94. The zero-order valence-electron chi connectivity index (χ0n) is 10.3. The number of esters is 1. The maximum Gasteiger partial charge on any atom is 0.319 e. The first-order valence-corrected chi connectivity index (χ1v) is 6.08. The third-order valence-corrected chi connectivity index (χ3v) is 2.82. The molecule has 1 unspecified atom stereocenters. The lowest BCUT2D eigenvalue weighted by atomic mass is 10.1. The molecule has 0 aliphatic rings. The Morgan fingerprint density at radius 1 is 1.37 bits per heavy atom. The Labute approximate surface area is 115 Å². The quantitative estimate of drug-likeness (QED) is 0.789. The molecule has 0 bridgehead atoms. The molecular weight excluding hydrogens is 268 g/mol. The van der Waals surface area contributed by atoms with Gasteiger partial charge in [-0.25, -0.2) is 0 Å². The van der Waals surface area contributed by atoms with Gasteiger partial charge in [0.05, 0.1) is 13.4 Å². The van der Waals surface area contributed by atoms with Gasteiger partial charge in [-0.2, -0.15) is 0 Å². The highest BCUT2D eigenvalue weighted by atomic mass is 35.5. The molecule has 4 nitrogen and oxygen atoms in total. The molecule has 2 aromatic rings. The van der Waals surface area contributed by atoms with Crippen molar-refractivity contribution in [3.8, 4) is 5.75 Å². The van der Waals surface area contributed by atoms with Gasteiger partial charge in [0.2, 0.25) is 0 Å². The van der Waals surface area contributed by atoms with Gasteiger partial charge < -0.3 is 13.9 Å². The van der Waals surface area contributed by atoms with Crippen LogP contribution >= 0.6 is 11.6 Å². The van der Waals surface area contributed by atoms with Gasteiger partial charge in [0.15, 0.2) is 0 Å². The van der Waals surface area contributed by atoms with E-state index < -0.39 is 11.9 Å². The minimum atomic E-state index is -0.598. The van der Waals surface area contributed by atoms with Crippen LogP contribution in [0, 0.1) is 0 Å². The number of carbonyl (C=O) groups excluding carboxylic acids is 1. The van der Waals surface area contributed by atoms with E-state index in [1.54, 1.807) is 36.4 Å². The number of furan rings is 1. The molecule has 0 saturated carbocycles. The molecule has 0 amide bonds. The Morgan fingerprint density at radius 2 is 2.21 bits per heavy atom. The van der Waals surface area contributed by atoms with E-state index in [4.69, 9.17) is 25.5 Å². The largest absolute Gasteiger partial charge is 0.492 e. The van der Waals surface area contributed by atoms with E-state index >= 15 is 0 Å². The highest BCUT2D eigenvalue weighted by Gasteiger charge is 2.25. The number of hydrogen-bond acceptors (Lipinski definition) is 4. The lowest BCUT2D eigenvalue weighted by Crippen LogP contribution is -2.20. The number of methoxy groups -OCH3 is 1. The van der Waals surface area contributed by atoms with E-state index in [1.807, 2.05) is 0 Å². The first kappa shape index (κ1) is 13.5. The molecule has 0 spiro atoms. The number of halogens is 1. The predicted molar refractivity (Wildman–Crippen MR) is 70.4 cm³/mol. The number of hydrogen-bond donors (Lipinski definition) is 0. The number of rotatable bonds is 5. The van der Waals surface area contributed by atoms with Gasteiger partial charge in [-0.05, 0) is 30.3 Å². The van der Waals surface area contributed by atoms with Crippen LogP contribution in [-0.2, 0) is 9.53 Å². The van der Waals surface area contributed by atoms with Crippen LogP contribution in [0.3, 0.4) is 0 Å². The van der Waals surface area contributed by atoms with Gasteiger partial charge in [-0.1, -0.05) is 17.7 Å². The number of carbonyl (C=O) groups is 1. The summed E-state index contributed by atoms with van der Waals surface area (Å²) in [6.45, 7) is 0.126. The van der Waals surface area contributed by atoms with Crippen LogP contribution in [0.2, 0.25) is 5.02 Å². The van der Waals surface area contributed by atoms with Gasteiger partial charge >= 0.3 is 5.97 Å². The highest BCUT2D eigenvalue weighted by molar-refractivity contribution is 6.30. The molecule has 100 valence electrons. The number of benzene rings is 1. The average molecular weight is 281 g/mol. The van der Waals surface area contributed by atoms with Crippen LogP contribution in [-0.4, -0.2) is 19.7 Å². The molecule has 1 atom stereocenters. The van der Waals surface area contributed by atoms with Crippen molar-refractivity contribution in [1.29, 1.82) is 0 Å². The van der Waals surface area contributed by atoms with Gasteiger partial charge in [-0.3, -0.25) is 4.79 Å². The summed E-state index contributed by atoms with van der Waals surface area (Å²) in [5.74, 6) is 0.0952. The zero-order valence-corrected chi connectivity index (χ0v) is 11.1. The van der Waals surface area contributed by atoms with Crippen LogP contribution < -0.4 is 4.74 Å². The summed E-state index contributed by atoms with van der Waals surface area (Å²) in [6.07, 6.45) is 1.50. The van der Waals surface area contributed by atoms with Crippen molar-refractivity contribution in [3.63, 3.8) is 0 Å². The summed E-state index contributed by atoms with van der Waals surface area (Å²) in [5, 5.41) is 0.574. The summed E-state index contributed by atoms with van der Waals surface area (Å²) in [4.78, 5) is 11.7. The topological polar surface area (TPSA) is 48.7 Å². The molecule has 0 saturated heterocycles. The van der Waals surface area contributed by atoms with E-state index in [1.165, 1.54) is 13.4 Å². The second kappa shape index (κ2) is 6.29. The van der Waals surface area contributed by atoms with Crippen LogP contribution in [0.25, 0.3) is 0 Å². The normalized spacial score (nSPS) is 11.9. The minimum absolute atomic E-state index is 0.126. The third-order valence-electron chi connectivity index (χ3n) is 2.59. The first-order valence-electron chi connectivity index (χ1n) is 5.70. The fourth-order valence-electron chi connectivity index (χ4n) is 1.63. The molecule has 0 fully saturated rings. The summed E-state index contributed by atoms with van der Waals surface area (Å²) < 4.78 is 15.5. The Kier molecular flexibility index (Phi) is 4.47. The average Bonchev–Trinajstić information content (AvgIpc) is 2.92. The minimum Gasteiger partial charge on any atom is -0.492 e. The van der Waals surface area contributed by atoms with Crippen LogP contribution in [0.4, 0.5) is 0 Å². The van der Waals surface area contributed by atoms with Gasteiger partial charge in [0, 0.05) is 5.02 Å². The first-order chi connectivity index (χ1) is 9.20. The summed E-state index contributed by atoms with van der Waals surface area (Å²) in [7, 11) is 1.33. The summed E-state index contributed by atoms with van der Waals surface area (Å²) in [5.41, 5.74) is 0. The standard InChI is InChI=1S/C14H13ClO4/c1-17-14(16)12(13-6-3-7-18-13)9-19-11-5-2-4-10(15)8-11/h2-8,12H,9H2,1H3. The van der Waals surface area contributed by atoms with Crippen LogP contribution in [0.5, 0.6) is 5.75 Å². The summed E-state index contributed by atoms with van der Waals surface area (Å²) in [6, 6.07) is 10.4. The molecule has 0 N–H and O–H groups in total. The smallest absolute Gasteiger partial charge is 0.319 e. The van der Waals surface area contributed by atoms with Gasteiger partial charge in [-0.15, -0.1) is 0 Å². The van der Waals surface area contributed by atoms with E-state index in [2.05, 4.69) is 0 Å². The molecular formula is C14H13ClO4. The molecule has 0 aliphatic carbocycles. The molecule has 5 heteroatoms. The Morgan fingerprint density at radius 3 is 2.84 bits per heavy atom. The van der Waals surface area contributed by atoms with Crippen molar-refractivity contribution in [2.75, 3.05) is 13.7 Å². The lowest BCUT2D eigenvalue weighted by Gasteiger charge is -2.13. The van der Waals surface area contributed by atoms with E-state index in [0.717, 1.165) is 0 Å². The van der Waals surface area contributed by atoms with Crippen molar-refractivity contribution >= 4 is 17.6 Å². The van der Waals surface area contributed by atoms with Crippen molar-refractivity contribution in [1.82, 2.24) is 0 Å². The highest BCUT2D eigenvalue weighted by Crippen LogP contribution is 2.22. The number of ether oxygens (including phenoxy) is 2. The monoisotopic (exact) mass is 280 g/mol. The van der Waals surface area contributed by atoms with Gasteiger partial charge in [0.25, 0.3) is 0 Å². The molecule has 2 rings (SSSR count). The Bertz CT molecular complexity index is 536. The van der Waals surface area contributed by atoms with Crippen molar-refractivity contribution < 1.29 is 18.7 Å². The van der Waals surface area contributed by atoms with Gasteiger partial charge in [0.1, 0.15) is 24.0 Å². The SMILES string of the molecule is COC(=O)C(COc1cccc(Cl)c1)c1ccco1. The Balaban J connectivity index is 2.07. The van der Waals surface area contributed by atoms with E-state index in [9.17, 15) is 4.79 Å². The van der Waals surface area contributed by atoms with Crippen LogP contribution in [0.15, 0.2) is 47.1 Å². The maximum absolute atomic E-state index is 11.7. The second-order valence-corrected chi connectivity index (χ2v) is 4.30. The van der Waals surface area contributed by atoms with E-state index in [0.29, 0.717) is 16.5 Å².